The maximum Gasteiger partial charge on any atom is 0.258 e. The van der Waals surface area contributed by atoms with Crippen LogP contribution in [0.4, 0.5) is 0 Å². The van der Waals surface area contributed by atoms with Crippen LogP contribution in [0.5, 0.6) is 5.75 Å². The quantitative estimate of drug-likeness (QED) is 0.659. The Bertz CT molecular complexity index is 921. The predicted molar refractivity (Wildman–Crippen MR) is 106 cm³/mol. The molecule has 0 aliphatic rings. The highest BCUT2D eigenvalue weighted by atomic mass is 32.1. The number of nitrogens with one attached hydrogen (secondary N) is 1. The Kier molecular flexibility index (Phi) is 5.88. The van der Waals surface area contributed by atoms with Crippen LogP contribution in [0.2, 0.25) is 0 Å². The number of benzene rings is 2. The summed E-state index contributed by atoms with van der Waals surface area (Å²) in [6, 6.07) is 18.3. The second-order valence-corrected chi connectivity index (χ2v) is 7.05. The van der Waals surface area contributed by atoms with Gasteiger partial charge in [0.15, 0.2) is 6.61 Å². The fraction of sp³-hybridized carbons (Fsp3) is 0.143. The van der Waals surface area contributed by atoms with Gasteiger partial charge in [0.2, 0.25) is 0 Å². The first-order valence-electron chi connectivity index (χ1n) is 8.45. The third kappa shape index (κ3) is 4.74. The standard InChI is InChI=1S/C21H20N2O3S/c1-14-8-10-15(11-9-14)20(18-7-4-12-27-18)23-19(24)13-26-17-6-3-2-5-16(17)21(22)25/h2-12,20H,13H2,1H3,(H2,22,25)(H,23,24). The highest BCUT2D eigenvalue weighted by Crippen LogP contribution is 2.26. The van der Waals surface area contributed by atoms with Crippen molar-refractivity contribution in [1.29, 1.82) is 0 Å². The molecule has 0 saturated carbocycles. The maximum absolute atomic E-state index is 12.5. The first-order valence-corrected chi connectivity index (χ1v) is 9.33. The van der Waals surface area contributed by atoms with E-state index < -0.39 is 5.91 Å². The Hall–Kier alpha value is -3.12. The van der Waals surface area contributed by atoms with E-state index in [4.69, 9.17) is 10.5 Å². The molecule has 5 nitrogen and oxygen atoms in total. The molecule has 0 radical (unpaired) electrons. The zero-order valence-corrected chi connectivity index (χ0v) is 15.7. The molecule has 0 aliphatic heterocycles. The number of carbonyl (C=O) groups excluding carboxylic acids is 2. The number of carbonyl (C=O) groups is 2. The molecule has 3 N–H and O–H groups in total. The molecule has 1 unspecified atom stereocenters. The lowest BCUT2D eigenvalue weighted by Gasteiger charge is -2.19. The van der Waals surface area contributed by atoms with E-state index in [2.05, 4.69) is 5.32 Å². The van der Waals surface area contributed by atoms with Crippen LogP contribution in [0.15, 0.2) is 66.0 Å². The number of nitrogens with two attached hydrogens (primary N) is 1. The Morgan fingerprint density at radius 3 is 2.48 bits per heavy atom. The molecule has 0 saturated heterocycles. The van der Waals surface area contributed by atoms with Crippen LogP contribution in [0.3, 0.4) is 0 Å². The molecule has 3 aromatic rings. The molecular weight excluding hydrogens is 360 g/mol. The van der Waals surface area contributed by atoms with E-state index in [0.717, 1.165) is 16.0 Å². The molecule has 6 heteroatoms. The lowest BCUT2D eigenvalue weighted by molar-refractivity contribution is -0.123. The lowest BCUT2D eigenvalue weighted by atomic mass is 10.0. The maximum atomic E-state index is 12.5. The first kappa shape index (κ1) is 18.7. The molecule has 2 aromatic carbocycles. The summed E-state index contributed by atoms with van der Waals surface area (Å²) >= 11 is 1.58. The number of thiophene rings is 1. The molecule has 0 spiro atoms. The molecular formula is C21H20N2O3S. The Morgan fingerprint density at radius 2 is 1.81 bits per heavy atom. The van der Waals surface area contributed by atoms with Gasteiger partial charge in [0.1, 0.15) is 5.75 Å². The van der Waals surface area contributed by atoms with Crippen LogP contribution in [-0.4, -0.2) is 18.4 Å². The van der Waals surface area contributed by atoms with Crippen LogP contribution in [0.25, 0.3) is 0 Å². The van der Waals surface area contributed by atoms with E-state index >= 15 is 0 Å². The van der Waals surface area contributed by atoms with Gasteiger partial charge in [0.25, 0.3) is 11.8 Å². The molecule has 0 aliphatic carbocycles. The van der Waals surface area contributed by atoms with E-state index in [0.29, 0.717) is 5.75 Å². The van der Waals surface area contributed by atoms with Crippen LogP contribution in [0, 0.1) is 6.92 Å². The summed E-state index contributed by atoms with van der Waals surface area (Å²) in [4.78, 5) is 25.0. The summed E-state index contributed by atoms with van der Waals surface area (Å²) in [6.07, 6.45) is 0. The molecule has 1 aromatic heterocycles. The van der Waals surface area contributed by atoms with Crippen LogP contribution < -0.4 is 15.8 Å². The van der Waals surface area contributed by atoms with Crippen LogP contribution >= 0.6 is 11.3 Å². The van der Waals surface area contributed by atoms with Crippen molar-refractivity contribution in [2.75, 3.05) is 6.61 Å². The van der Waals surface area contributed by atoms with Gasteiger partial charge in [-0.1, -0.05) is 48.0 Å². The average Bonchev–Trinajstić information content (AvgIpc) is 3.20. The number of ether oxygens (including phenoxy) is 1. The van der Waals surface area contributed by atoms with Gasteiger partial charge >= 0.3 is 0 Å². The number of rotatable bonds is 7. The molecule has 138 valence electrons. The van der Waals surface area contributed by atoms with Crippen molar-refractivity contribution in [1.82, 2.24) is 5.32 Å². The van der Waals surface area contributed by atoms with Crippen molar-refractivity contribution in [2.45, 2.75) is 13.0 Å². The molecule has 0 fully saturated rings. The van der Waals surface area contributed by atoms with Gasteiger partial charge in [-0.25, -0.2) is 0 Å². The third-order valence-corrected chi connectivity index (χ3v) is 4.99. The number of aryl methyl sites for hydroxylation is 1. The van der Waals surface area contributed by atoms with Crippen molar-refractivity contribution < 1.29 is 14.3 Å². The number of hydrogen-bond donors (Lipinski definition) is 2. The summed E-state index contributed by atoms with van der Waals surface area (Å²) < 4.78 is 5.52. The number of para-hydroxylation sites is 1. The Labute approximate surface area is 161 Å². The van der Waals surface area contributed by atoms with Crippen molar-refractivity contribution in [3.8, 4) is 5.75 Å². The van der Waals surface area contributed by atoms with Crippen molar-refractivity contribution >= 4 is 23.2 Å². The van der Waals surface area contributed by atoms with Gasteiger partial charge in [0.05, 0.1) is 11.6 Å². The molecule has 0 bridgehead atoms. The smallest absolute Gasteiger partial charge is 0.258 e. The molecule has 2 amide bonds. The van der Waals surface area contributed by atoms with Gasteiger partial charge in [-0.05, 0) is 36.1 Å². The molecule has 3 rings (SSSR count). The van der Waals surface area contributed by atoms with Crippen molar-refractivity contribution in [2.24, 2.45) is 5.73 Å². The lowest BCUT2D eigenvalue weighted by Crippen LogP contribution is -2.33. The monoisotopic (exact) mass is 380 g/mol. The minimum absolute atomic E-state index is 0.210. The largest absolute Gasteiger partial charge is 0.483 e. The number of amides is 2. The van der Waals surface area contributed by atoms with E-state index in [9.17, 15) is 9.59 Å². The second kappa shape index (κ2) is 8.51. The zero-order chi connectivity index (χ0) is 19.2. The first-order chi connectivity index (χ1) is 13.0. The Morgan fingerprint density at radius 1 is 1.07 bits per heavy atom. The van der Waals surface area contributed by atoms with Gasteiger partial charge in [-0.3, -0.25) is 9.59 Å². The van der Waals surface area contributed by atoms with E-state index in [1.54, 1.807) is 35.6 Å². The third-order valence-electron chi connectivity index (χ3n) is 4.05. The number of primary amides is 1. The molecule has 1 atom stereocenters. The topological polar surface area (TPSA) is 81.4 Å². The summed E-state index contributed by atoms with van der Waals surface area (Å²) in [5, 5.41) is 4.98. The second-order valence-electron chi connectivity index (χ2n) is 6.08. The zero-order valence-electron chi connectivity index (χ0n) is 14.8. The summed E-state index contributed by atoms with van der Waals surface area (Å²) in [5.74, 6) is -0.585. The van der Waals surface area contributed by atoms with E-state index in [-0.39, 0.29) is 24.1 Å². The summed E-state index contributed by atoms with van der Waals surface area (Å²) in [7, 11) is 0. The summed E-state index contributed by atoms with van der Waals surface area (Å²) in [6.45, 7) is 1.81. The van der Waals surface area contributed by atoms with Gasteiger partial charge in [-0.2, -0.15) is 0 Å². The van der Waals surface area contributed by atoms with E-state index in [1.165, 1.54) is 0 Å². The van der Waals surface area contributed by atoms with Gasteiger partial charge in [-0.15, -0.1) is 11.3 Å². The highest BCUT2D eigenvalue weighted by molar-refractivity contribution is 7.10. The van der Waals surface area contributed by atoms with Crippen molar-refractivity contribution in [3.63, 3.8) is 0 Å². The van der Waals surface area contributed by atoms with Crippen LogP contribution in [-0.2, 0) is 4.79 Å². The fourth-order valence-electron chi connectivity index (χ4n) is 2.68. The average molecular weight is 380 g/mol. The SMILES string of the molecule is Cc1ccc(C(NC(=O)COc2ccccc2C(N)=O)c2cccs2)cc1. The predicted octanol–water partition coefficient (Wildman–Crippen LogP) is 3.44. The molecule has 1 heterocycles. The van der Waals surface area contributed by atoms with Gasteiger partial charge < -0.3 is 15.8 Å². The normalized spacial score (nSPS) is 11.6. The molecule has 27 heavy (non-hydrogen) atoms. The highest BCUT2D eigenvalue weighted by Gasteiger charge is 2.18. The number of hydrogen-bond acceptors (Lipinski definition) is 4. The van der Waals surface area contributed by atoms with E-state index in [1.807, 2.05) is 48.7 Å². The fourth-order valence-corrected chi connectivity index (χ4v) is 3.48. The van der Waals surface area contributed by atoms with Gasteiger partial charge in [0, 0.05) is 4.88 Å². The van der Waals surface area contributed by atoms with Crippen molar-refractivity contribution in [3.05, 3.63) is 87.6 Å². The minimum Gasteiger partial charge on any atom is -0.483 e. The minimum atomic E-state index is -0.595. The summed E-state index contributed by atoms with van der Waals surface area (Å²) in [5.41, 5.74) is 7.73. The van der Waals surface area contributed by atoms with Crippen LogP contribution in [0.1, 0.15) is 32.4 Å². The Balaban J connectivity index is 1.72.